The monoisotopic (exact) mass is 518 g/mol. The number of imidazole rings is 1. The average molecular weight is 519 g/mol. The SMILES string of the molecule is C=CC(=O)Nc1csc(C(=O)Nc2nc3cccc(Cl)c3n2[C@@H]2CCCCC(P(C)(C)=O)C2)c1. The summed E-state index contributed by atoms with van der Waals surface area (Å²) in [5, 5.41) is 7.88. The molecule has 4 rings (SSSR count). The first-order valence-electron chi connectivity index (χ1n) is 11.2. The molecule has 0 spiro atoms. The molecule has 1 fully saturated rings. The van der Waals surface area contributed by atoms with Gasteiger partial charge in [0.25, 0.3) is 5.91 Å². The zero-order valence-electron chi connectivity index (χ0n) is 19.2. The van der Waals surface area contributed by atoms with Crippen LogP contribution in [0.15, 0.2) is 42.3 Å². The molecule has 0 saturated heterocycles. The van der Waals surface area contributed by atoms with E-state index in [9.17, 15) is 14.2 Å². The number of carbonyl (C=O) groups excluding carboxylic acids is 2. The van der Waals surface area contributed by atoms with Gasteiger partial charge in [-0.2, -0.15) is 0 Å². The molecule has 2 N–H and O–H groups in total. The van der Waals surface area contributed by atoms with E-state index in [1.54, 1.807) is 11.4 Å². The summed E-state index contributed by atoms with van der Waals surface area (Å²) in [4.78, 5) is 29.8. The zero-order chi connectivity index (χ0) is 24.5. The summed E-state index contributed by atoms with van der Waals surface area (Å²) in [5.74, 6) is -0.238. The number of para-hydroxylation sites is 1. The topological polar surface area (TPSA) is 93.1 Å². The molecule has 1 aliphatic rings. The second kappa shape index (κ2) is 10.1. The van der Waals surface area contributed by atoms with Crippen LogP contribution in [-0.2, 0) is 9.36 Å². The summed E-state index contributed by atoms with van der Waals surface area (Å²) in [6, 6.07) is 7.17. The van der Waals surface area contributed by atoms with Gasteiger partial charge in [0.1, 0.15) is 0 Å². The van der Waals surface area contributed by atoms with Crippen molar-refractivity contribution in [1.82, 2.24) is 9.55 Å². The number of thiophene rings is 1. The van der Waals surface area contributed by atoms with Gasteiger partial charge >= 0.3 is 0 Å². The van der Waals surface area contributed by atoms with E-state index in [2.05, 4.69) is 17.2 Å². The third-order valence-electron chi connectivity index (χ3n) is 6.28. The predicted molar refractivity (Wildman–Crippen MR) is 141 cm³/mol. The molecule has 7 nitrogen and oxygen atoms in total. The summed E-state index contributed by atoms with van der Waals surface area (Å²) < 4.78 is 15.0. The van der Waals surface area contributed by atoms with E-state index in [0.29, 0.717) is 27.1 Å². The van der Waals surface area contributed by atoms with Crippen molar-refractivity contribution < 1.29 is 14.2 Å². The molecule has 1 aromatic carbocycles. The molecule has 1 aliphatic carbocycles. The molecule has 1 unspecified atom stereocenters. The van der Waals surface area contributed by atoms with Crippen molar-refractivity contribution in [3.8, 4) is 0 Å². The maximum atomic E-state index is 13.1. The Morgan fingerprint density at radius 3 is 2.76 bits per heavy atom. The fourth-order valence-corrected chi connectivity index (χ4v) is 7.09. The smallest absolute Gasteiger partial charge is 0.268 e. The maximum Gasteiger partial charge on any atom is 0.268 e. The normalized spacial score (nSPS) is 18.9. The number of nitrogens with one attached hydrogen (secondary N) is 2. The van der Waals surface area contributed by atoms with E-state index < -0.39 is 7.14 Å². The molecule has 2 amide bonds. The number of hydrogen-bond acceptors (Lipinski definition) is 5. The highest BCUT2D eigenvalue weighted by atomic mass is 35.5. The Morgan fingerprint density at radius 2 is 2.03 bits per heavy atom. The number of amides is 2. The Bertz CT molecular complexity index is 1290. The number of anilines is 2. The molecule has 10 heteroatoms. The highest BCUT2D eigenvalue weighted by Gasteiger charge is 2.32. The summed E-state index contributed by atoms with van der Waals surface area (Å²) in [7, 11) is -2.28. The van der Waals surface area contributed by atoms with Gasteiger partial charge in [-0.15, -0.1) is 11.3 Å². The van der Waals surface area contributed by atoms with Crippen molar-refractivity contribution in [2.24, 2.45) is 0 Å². The van der Waals surface area contributed by atoms with Gasteiger partial charge in [-0.1, -0.05) is 37.1 Å². The fraction of sp³-hybridized carbons (Fsp3) is 0.375. The van der Waals surface area contributed by atoms with E-state index in [4.69, 9.17) is 16.6 Å². The second-order valence-electron chi connectivity index (χ2n) is 9.02. The van der Waals surface area contributed by atoms with E-state index in [-0.39, 0.29) is 23.5 Å². The second-order valence-corrected chi connectivity index (χ2v) is 13.9. The Morgan fingerprint density at radius 1 is 1.26 bits per heavy atom. The lowest BCUT2D eigenvalue weighted by atomic mass is 10.1. The standard InChI is InChI=1S/C24H28ClN4O3PS/c1-4-21(30)26-15-12-20(34-14-15)23(31)28-24-27-19-11-7-10-18(25)22(19)29(24)16-8-5-6-9-17(13-16)33(2,3)32/h4,7,10-12,14,16-17H,1,5-6,8-9,13H2,2-3H3,(H,26,30)(H,27,28,31)/t16-,17?/m1/s1. The van der Waals surface area contributed by atoms with Crippen LogP contribution in [0.5, 0.6) is 0 Å². The van der Waals surface area contributed by atoms with Gasteiger partial charge in [-0.05, 0) is 56.9 Å². The summed E-state index contributed by atoms with van der Waals surface area (Å²) in [6.45, 7) is 7.16. The highest BCUT2D eigenvalue weighted by Crippen LogP contribution is 2.51. The van der Waals surface area contributed by atoms with Crippen molar-refractivity contribution in [3.05, 3.63) is 52.2 Å². The molecule has 34 heavy (non-hydrogen) atoms. The van der Waals surface area contributed by atoms with Crippen LogP contribution in [0.1, 0.15) is 47.8 Å². The lowest BCUT2D eigenvalue weighted by molar-refractivity contribution is -0.111. The lowest BCUT2D eigenvalue weighted by Crippen LogP contribution is -2.20. The van der Waals surface area contributed by atoms with Crippen LogP contribution >= 0.6 is 30.1 Å². The van der Waals surface area contributed by atoms with Crippen molar-refractivity contribution in [2.75, 3.05) is 24.0 Å². The van der Waals surface area contributed by atoms with Crippen LogP contribution in [0.2, 0.25) is 5.02 Å². The van der Waals surface area contributed by atoms with Gasteiger partial charge in [0.15, 0.2) is 0 Å². The number of benzene rings is 1. The molecular formula is C24H28ClN4O3PS. The first kappa shape index (κ1) is 24.7. The molecule has 2 aromatic heterocycles. The molecule has 180 valence electrons. The summed E-state index contributed by atoms with van der Waals surface area (Å²) in [6.07, 6.45) is 5.80. The molecule has 0 aliphatic heterocycles. The van der Waals surface area contributed by atoms with Crippen molar-refractivity contribution >= 4 is 64.6 Å². The van der Waals surface area contributed by atoms with Crippen LogP contribution in [-0.4, -0.2) is 40.4 Å². The molecule has 2 atom stereocenters. The quantitative estimate of drug-likeness (QED) is 0.218. The number of aromatic nitrogens is 2. The van der Waals surface area contributed by atoms with Crippen molar-refractivity contribution in [2.45, 2.75) is 43.8 Å². The molecular weight excluding hydrogens is 491 g/mol. The molecule has 2 heterocycles. The molecule has 1 saturated carbocycles. The minimum atomic E-state index is -2.28. The number of hydrogen-bond donors (Lipinski definition) is 2. The summed E-state index contributed by atoms with van der Waals surface area (Å²) >= 11 is 7.83. The van der Waals surface area contributed by atoms with Gasteiger partial charge in [0, 0.05) is 17.1 Å². The third kappa shape index (κ3) is 5.29. The number of rotatable bonds is 6. The summed E-state index contributed by atoms with van der Waals surface area (Å²) in [5.41, 5.74) is 2.13. The Labute approximate surface area is 208 Å². The zero-order valence-corrected chi connectivity index (χ0v) is 21.7. The van der Waals surface area contributed by atoms with Crippen LogP contribution in [0, 0.1) is 0 Å². The van der Waals surface area contributed by atoms with E-state index in [1.165, 1.54) is 17.4 Å². The maximum absolute atomic E-state index is 13.1. The van der Waals surface area contributed by atoms with Gasteiger partial charge in [0.2, 0.25) is 11.9 Å². The minimum Gasteiger partial charge on any atom is -0.324 e. The van der Waals surface area contributed by atoms with Crippen LogP contribution in [0.3, 0.4) is 0 Å². The van der Waals surface area contributed by atoms with Crippen LogP contribution in [0.4, 0.5) is 11.6 Å². The first-order valence-corrected chi connectivity index (χ1v) is 15.1. The van der Waals surface area contributed by atoms with E-state index >= 15 is 0 Å². The van der Waals surface area contributed by atoms with Crippen LogP contribution in [0.25, 0.3) is 11.0 Å². The average Bonchev–Trinajstić information content (AvgIpc) is 3.30. The van der Waals surface area contributed by atoms with Gasteiger partial charge in [0.05, 0.1) is 33.8 Å². The molecule has 0 bridgehead atoms. The largest absolute Gasteiger partial charge is 0.324 e. The van der Waals surface area contributed by atoms with Gasteiger partial charge < -0.3 is 14.4 Å². The van der Waals surface area contributed by atoms with Crippen LogP contribution < -0.4 is 10.6 Å². The van der Waals surface area contributed by atoms with Gasteiger partial charge in [-0.3, -0.25) is 14.9 Å². The minimum absolute atomic E-state index is 0.0201. The first-order chi connectivity index (χ1) is 16.2. The highest BCUT2D eigenvalue weighted by molar-refractivity contribution is 7.63. The van der Waals surface area contributed by atoms with Crippen molar-refractivity contribution in [3.63, 3.8) is 0 Å². The van der Waals surface area contributed by atoms with Crippen molar-refractivity contribution in [1.29, 1.82) is 0 Å². The molecule has 0 radical (unpaired) electrons. The number of nitrogens with zero attached hydrogens (tertiary/aromatic N) is 2. The van der Waals surface area contributed by atoms with E-state index in [0.717, 1.165) is 37.6 Å². The Kier molecular flexibility index (Phi) is 7.31. The fourth-order valence-electron chi connectivity index (χ4n) is 4.54. The van der Waals surface area contributed by atoms with Gasteiger partial charge in [-0.25, -0.2) is 4.98 Å². The number of halogens is 1. The number of fused-ring (bicyclic) bond motifs is 1. The Hall–Kier alpha value is -2.41. The molecule has 3 aromatic rings. The lowest BCUT2D eigenvalue weighted by Gasteiger charge is -2.26. The third-order valence-corrected chi connectivity index (χ3v) is 9.74. The Balaban J connectivity index is 1.69. The van der Waals surface area contributed by atoms with E-state index in [1.807, 2.05) is 36.1 Å². The number of carbonyl (C=O) groups is 2. The predicted octanol–water partition coefficient (Wildman–Crippen LogP) is 6.62.